The van der Waals surface area contributed by atoms with Gasteiger partial charge in [-0.3, -0.25) is 4.79 Å². The van der Waals surface area contributed by atoms with E-state index < -0.39 is 15.8 Å². The van der Waals surface area contributed by atoms with Crippen LogP contribution >= 0.6 is 0 Å². The maximum Gasteiger partial charge on any atom is 0.307 e. The molecule has 0 atom stereocenters. The fourth-order valence-corrected chi connectivity index (χ4v) is 2.89. The van der Waals surface area contributed by atoms with Gasteiger partial charge in [-0.05, 0) is 31.0 Å². The van der Waals surface area contributed by atoms with Gasteiger partial charge in [-0.15, -0.1) is 0 Å². The molecule has 1 rings (SSSR count). The normalized spacial score (nSPS) is 11.4. The van der Waals surface area contributed by atoms with Gasteiger partial charge in [0.2, 0.25) is 0 Å². The zero-order valence-electron chi connectivity index (χ0n) is 10.8. The summed E-state index contributed by atoms with van der Waals surface area (Å²) in [5, 5.41) is 8.63. The second-order valence-corrected chi connectivity index (χ2v) is 6.19. The van der Waals surface area contributed by atoms with E-state index in [1.165, 1.54) is 24.3 Å². The molecule has 0 aromatic heterocycles. The average Bonchev–Trinajstić information content (AvgIpc) is 2.35. The highest BCUT2D eigenvalue weighted by molar-refractivity contribution is 7.91. The molecular formula is C13H18O5S. The Balaban J connectivity index is 2.65. The van der Waals surface area contributed by atoms with Crippen molar-refractivity contribution in [2.45, 2.75) is 24.7 Å². The predicted octanol–water partition coefficient (Wildman–Crippen LogP) is 1.51. The lowest BCUT2D eigenvalue weighted by atomic mass is 10.2. The lowest BCUT2D eigenvalue weighted by molar-refractivity contribution is -0.136. The Bertz CT molecular complexity index is 504. The first-order valence-corrected chi connectivity index (χ1v) is 7.72. The van der Waals surface area contributed by atoms with Crippen molar-refractivity contribution in [1.82, 2.24) is 0 Å². The lowest BCUT2D eigenvalue weighted by Crippen LogP contribution is -2.09. The zero-order chi connectivity index (χ0) is 14.3. The number of carboxylic acids is 1. The molecule has 1 N–H and O–H groups in total. The van der Waals surface area contributed by atoms with Crippen LogP contribution in [0.5, 0.6) is 0 Å². The number of aliphatic carboxylic acids is 1. The Morgan fingerprint density at radius 1 is 1.26 bits per heavy atom. The largest absolute Gasteiger partial charge is 0.481 e. The lowest BCUT2D eigenvalue weighted by Gasteiger charge is -2.05. The van der Waals surface area contributed by atoms with Crippen LogP contribution in [0, 0.1) is 0 Å². The van der Waals surface area contributed by atoms with E-state index in [1.807, 2.05) is 6.92 Å². The summed E-state index contributed by atoms with van der Waals surface area (Å²) >= 11 is 0. The monoisotopic (exact) mass is 286 g/mol. The highest BCUT2D eigenvalue weighted by Crippen LogP contribution is 2.14. The second-order valence-electron chi connectivity index (χ2n) is 4.08. The average molecular weight is 286 g/mol. The highest BCUT2D eigenvalue weighted by atomic mass is 32.2. The van der Waals surface area contributed by atoms with Crippen LogP contribution in [-0.4, -0.2) is 38.5 Å². The number of carboxylic acid groups (broad SMARTS) is 1. The summed E-state index contributed by atoms with van der Waals surface area (Å²) in [6.45, 7) is 2.85. The fourth-order valence-electron chi connectivity index (χ4n) is 1.60. The van der Waals surface area contributed by atoms with Crippen LogP contribution in [-0.2, 0) is 25.8 Å². The first kappa shape index (κ1) is 15.7. The van der Waals surface area contributed by atoms with E-state index in [1.54, 1.807) is 0 Å². The Kier molecular flexibility index (Phi) is 5.98. The maximum absolute atomic E-state index is 12.0. The number of hydrogen-bond acceptors (Lipinski definition) is 4. The first-order valence-electron chi connectivity index (χ1n) is 6.07. The van der Waals surface area contributed by atoms with E-state index in [2.05, 4.69) is 0 Å². The molecule has 19 heavy (non-hydrogen) atoms. The molecule has 0 unspecified atom stereocenters. The minimum absolute atomic E-state index is 0.0330. The number of ether oxygens (including phenoxy) is 1. The minimum atomic E-state index is -3.31. The topological polar surface area (TPSA) is 80.7 Å². The van der Waals surface area contributed by atoms with Crippen molar-refractivity contribution in [2.24, 2.45) is 0 Å². The number of rotatable bonds is 8. The molecule has 0 fully saturated rings. The van der Waals surface area contributed by atoms with Crippen LogP contribution in [0.4, 0.5) is 0 Å². The molecule has 0 aliphatic heterocycles. The first-order chi connectivity index (χ1) is 8.95. The zero-order valence-corrected chi connectivity index (χ0v) is 11.6. The summed E-state index contributed by atoms with van der Waals surface area (Å²) in [5.74, 6) is -0.905. The van der Waals surface area contributed by atoms with Gasteiger partial charge in [-0.2, -0.15) is 0 Å². The van der Waals surface area contributed by atoms with E-state index in [4.69, 9.17) is 9.84 Å². The summed E-state index contributed by atoms with van der Waals surface area (Å²) < 4.78 is 29.0. The number of sulfone groups is 1. The summed E-state index contributed by atoms with van der Waals surface area (Å²) in [4.78, 5) is 10.7. The van der Waals surface area contributed by atoms with Gasteiger partial charge in [-0.25, -0.2) is 8.42 Å². The predicted molar refractivity (Wildman–Crippen MR) is 70.9 cm³/mol. The quantitative estimate of drug-likeness (QED) is 0.733. The van der Waals surface area contributed by atoms with E-state index in [-0.39, 0.29) is 17.1 Å². The van der Waals surface area contributed by atoms with Gasteiger partial charge in [0, 0.05) is 13.2 Å². The van der Waals surface area contributed by atoms with E-state index in [9.17, 15) is 13.2 Å². The van der Waals surface area contributed by atoms with E-state index >= 15 is 0 Å². The van der Waals surface area contributed by atoms with Gasteiger partial charge in [0.1, 0.15) is 0 Å². The van der Waals surface area contributed by atoms with Gasteiger partial charge in [0.05, 0.1) is 17.1 Å². The third-order valence-electron chi connectivity index (χ3n) is 2.54. The molecule has 0 saturated carbocycles. The molecular weight excluding hydrogens is 268 g/mol. The maximum atomic E-state index is 12.0. The Labute approximate surface area is 113 Å². The van der Waals surface area contributed by atoms with Crippen molar-refractivity contribution in [1.29, 1.82) is 0 Å². The minimum Gasteiger partial charge on any atom is -0.481 e. The smallest absolute Gasteiger partial charge is 0.307 e. The molecule has 106 valence electrons. The van der Waals surface area contributed by atoms with Gasteiger partial charge in [0.25, 0.3) is 0 Å². The molecule has 0 aliphatic rings. The molecule has 0 aliphatic carbocycles. The highest BCUT2D eigenvalue weighted by Gasteiger charge is 2.14. The molecule has 0 amide bonds. The van der Waals surface area contributed by atoms with Crippen molar-refractivity contribution in [2.75, 3.05) is 19.0 Å². The molecule has 0 heterocycles. The van der Waals surface area contributed by atoms with Crippen molar-refractivity contribution in [3.8, 4) is 0 Å². The van der Waals surface area contributed by atoms with Crippen molar-refractivity contribution in [3.05, 3.63) is 29.8 Å². The number of hydrogen-bond donors (Lipinski definition) is 1. The molecule has 0 spiro atoms. The van der Waals surface area contributed by atoms with Crippen molar-refractivity contribution < 1.29 is 23.1 Å². The standard InChI is InChI=1S/C13H18O5S/c1-2-18-8-3-9-19(16,17)12-6-4-11(5-7-12)10-13(14)15/h4-7H,2-3,8-10H2,1H3,(H,14,15). The van der Waals surface area contributed by atoms with E-state index in [0.717, 1.165) is 0 Å². The third-order valence-corrected chi connectivity index (χ3v) is 4.36. The molecule has 0 radical (unpaired) electrons. The summed E-state index contributed by atoms with van der Waals surface area (Å²) in [5.41, 5.74) is 0.584. The van der Waals surface area contributed by atoms with Crippen molar-refractivity contribution in [3.63, 3.8) is 0 Å². The summed E-state index contributed by atoms with van der Waals surface area (Å²) in [7, 11) is -3.31. The Morgan fingerprint density at radius 3 is 2.42 bits per heavy atom. The van der Waals surface area contributed by atoms with Crippen LogP contribution in [0.2, 0.25) is 0 Å². The molecule has 5 nitrogen and oxygen atoms in total. The third kappa shape index (κ3) is 5.40. The molecule has 0 saturated heterocycles. The second kappa shape index (κ2) is 7.25. The van der Waals surface area contributed by atoms with E-state index in [0.29, 0.717) is 25.2 Å². The number of benzene rings is 1. The molecule has 6 heteroatoms. The number of carbonyl (C=O) groups is 1. The SMILES string of the molecule is CCOCCCS(=O)(=O)c1ccc(CC(=O)O)cc1. The van der Waals surface area contributed by atoms with Crippen LogP contribution in [0.25, 0.3) is 0 Å². The van der Waals surface area contributed by atoms with Crippen molar-refractivity contribution >= 4 is 15.8 Å². The Hall–Kier alpha value is -1.40. The van der Waals surface area contributed by atoms with Crippen LogP contribution in [0.1, 0.15) is 18.9 Å². The van der Waals surface area contributed by atoms with Gasteiger partial charge in [-0.1, -0.05) is 12.1 Å². The molecule has 1 aromatic rings. The van der Waals surface area contributed by atoms with Crippen LogP contribution in [0.3, 0.4) is 0 Å². The summed E-state index contributed by atoms with van der Waals surface area (Å²) in [6, 6.07) is 5.97. The Morgan fingerprint density at radius 2 is 1.89 bits per heavy atom. The molecule has 0 bridgehead atoms. The van der Waals surface area contributed by atoms with Crippen LogP contribution in [0.15, 0.2) is 29.2 Å². The fraction of sp³-hybridized carbons (Fsp3) is 0.462. The van der Waals surface area contributed by atoms with Crippen LogP contribution < -0.4 is 0 Å². The van der Waals surface area contributed by atoms with Gasteiger partial charge < -0.3 is 9.84 Å². The summed E-state index contributed by atoms with van der Waals surface area (Å²) in [6.07, 6.45) is 0.345. The van der Waals surface area contributed by atoms with Gasteiger partial charge >= 0.3 is 5.97 Å². The van der Waals surface area contributed by atoms with Gasteiger partial charge in [0.15, 0.2) is 9.84 Å². The molecule has 1 aromatic carbocycles.